The molecule has 1 fully saturated rings. The van der Waals surface area contributed by atoms with Gasteiger partial charge in [0.15, 0.2) is 5.13 Å². The van der Waals surface area contributed by atoms with Crippen molar-refractivity contribution in [1.82, 2.24) is 9.88 Å². The van der Waals surface area contributed by atoms with E-state index in [2.05, 4.69) is 25.7 Å². The molecule has 1 aromatic heterocycles. The van der Waals surface area contributed by atoms with Gasteiger partial charge in [-0.15, -0.1) is 11.3 Å². The highest BCUT2D eigenvalue weighted by Crippen LogP contribution is 2.36. The van der Waals surface area contributed by atoms with Gasteiger partial charge in [-0.2, -0.15) is 0 Å². The zero-order valence-corrected chi connectivity index (χ0v) is 23.3. The van der Waals surface area contributed by atoms with Crippen molar-refractivity contribution >= 4 is 22.4 Å². The van der Waals surface area contributed by atoms with E-state index in [1.165, 1.54) is 16.9 Å². The Morgan fingerprint density at radius 2 is 1.81 bits per heavy atom. The third-order valence-electron chi connectivity index (χ3n) is 6.61. The van der Waals surface area contributed by atoms with Gasteiger partial charge in [-0.1, -0.05) is 32.9 Å². The number of carbonyl (C=O) groups is 1. The quantitative estimate of drug-likeness (QED) is 0.369. The van der Waals surface area contributed by atoms with Gasteiger partial charge >= 0.3 is 0 Å². The summed E-state index contributed by atoms with van der Waals surface area (Å²) in [5, 5.41) is 2.64. The fourth-order valence-corrected chi connectivity index (χ4v) is 5.21. The van der Waals surface area contributed by atoms with Crippen molar-refractivity contribution in [2.75, 3.05) is 58.5 Å². The van der Waals surface area contributed by atoms with Gasteiger partial charge < -0.3 is 14.2 Å². The highest BCUT2D eigenvalue weighted by Gasteiger charge is 2.23. The third kappa shape index (κ3) is 6.69. The zero-order valence-electron chi connectivity index (χ0n) is 22.5. The predicted octanol–water partition coefficient (Wildman–Crippen LogP) is 5.49. The molecule has 0 bridgehead atoms. The van der Waals surface area contributed by atoms with Gasteiger partial charge in [-0.3, -0.25) is 14.6 Å². The lowest BCUT2D eigenvalue weighted by Gasteiger charge is -2.28. The Balaban J connectivity index is 1.60. The normalized spacial score (nSPS) is 14.4. The molecule has 0 aliphatic carbocycles. The number of hydrogen-bond donors (Lipinski definition) is 0. The number of amides is 1. The maximum absolute atomic E-state index is 13.8. The predicted molar refractivity (Wildman–Crippen MR) is 149 cm³/mol. The van der Waals surface area contributed by atoms with Crippen LogP contribution < -0.4 is 14.4 Å². The Morgan fingerprint density at radius 1 is 1.08 bits per heavy atom. The Labute approximate surface area is 224 Å². The SMILES string of the molecule is COc1ccc(OC)c(-c2csc(N(CCCN3CCOCC3)C(=O)c3ccc(C(C)(C)C)cc3)n2)c1. The molecule has 1 amide bonds. The van der Waals surface area contributed by atoms with Crippen molar-refractivity contribution in [3.05, 3.63) is 59.0 Å². The summed E-state index contributed by atoms with van der Waals surface area (Å²) in [5.41, 5.74) is 3.48. The Bertz CT molecular complexity index is 1180. The first kappa shape index (κ1) is 27.1. The summed E-state index contributed by atoms with van der Waals surface area (Å²) in [5.74, 6) is 1.39. The molecule has 8 heteroatoms. The van der Waals surface area contributed by atoms with Crippen LogP contribution in [-0.2, 0) is 10.2 Å². The molecular weight excluding hydrogens is 486 g/mol. The molecule has 0 saturated carbocycles. The van der Waals surface area contributed by atoms with Gasteiger partial charge in [0.1, 0.15) is 11.5 Å². The molecule has 1 aliphatic heterocycles. The van der Waals surface area contributed by atoms with Crippen molar-refractivity contribution in [1.29, 1.82) is 0 Å². The van der Waals surface area contributed by atoms with Gasteiger partial charge in [-0.25, -0.2) is 4.98 Å². The van der Waals surface area contributed by atoms with Gasteiger partial charge in [0.25, 0.3) is 5.91 Å². The minimum Gasteiger partial charge on any atom is -0.497 e. The number of benzene rings is 2. The lowest BCUT2D eigenvalue weighted by molar-refractivity contribution is 0.0376. The standard InChI is InChI=1S/C29H37N3O4S/c1-29(2,3)22-9-7-21(8-10-22)27(33)32(14-6-13-31-15-17-36-18-16-31)28-30-25(20-37-28)24-19-23(34-4)11-12-26(24)35-5/h7-12,19-20H,6,13-18H2,1-5H3. The highest BCUT2D eigenvalue weighted by atomic mass is 32.1. The minimum atomic E-state index is -0.0408. The van der Waals surface area contributed by atoms with E-state index in [-0.39, 0.29) is 11.3 Å². The molecule has 4 rings (SSSR count). The third-order valence-corrected chi connectivity index (χ3v) is 7.47. The molecule has 0 N–H and O–H groups in total. The Hall–Kier alpha value is -2.94. The Morgan fingerprint density at radius 3 is 2.46 bits per heavy atom. The molecule has 1 saturated heterocycles. The fourth-order valence-electron chi connectivity index (χ4n) is 4.36. The number of ether oxygens (including phenoxy) is 3. The first-order chi connectivity index (χ1) is 17.8. The van der Waals surface area contributed by atoms with Crippen LogP contribution in [-0.4, -0.2) is 69.4 Å². The maximum atomic E-state index is 13.8. The lowest BCUT2D eigenvalue weighted by atomic mass is 9.86. The van der Waals surface area contributed by atoms with Crippen LogP contribution in [0.25, 0.3) is 11.3 Å². The molecule has 0 radical (unpaired) electrons. The van der Waals surface area contributed by atoms with Crippen LogP contribution in [0.4, 0.5) is 5.13 Å². The van der Waals surface area contributed by atoms with Crippen LogP contribution >= 0.6 is 11.3 Å². The smallest absolute Gasteiger partial charge is 0.260 e. The van der Waals surface area contributed by atoms with Crippen molar-refractivity contribution in [2.24, 2.45) is 0 Å². The average Bonchev–Trinajstić information content (AvgIpc) is 3.40. The molecular formula is C29H37N3O4S. The zero-order chi connectivity index (χ0) is 26.4. The number of thiazole rings is 1. The molecule has 2 aromatic carbocycles. The van der Waals surface area contributed by atoms with Crippen LogP contribution in [0, 0.1) is 0 Å². The van der Waals surface area contributed by atoms with Crippen LogP contribution in [0.5, 0.6) is 11.5 Å². The molecule has 37 heavy (non-hydrogen) atoms. The van der Waals surface area contributed by atoms with E-state index in [9.17, 15) is 4.79 Å². The number of rotatable bonds is 9. The molecule has 2 heterocycles. The van der Waals surface area contributed by atoms with E-state index in [4.69, 9.17) is 19.2 Å². The van der Waals surface area contributed by atoms with Gasteiger partial charge in [-0.05, 0) is 47.7 Å². The van der Waals surface area contributed by atoms with E-state index in [1.807, 2.05) is 52.7 Å². The lowest BCUT2D eigenvalue weighted by Crippen LogP contribution is -2.39. The molecule has 0 spiro atoms. The van der Waals surface area contributed by atoms with Gasteiger partial charge in [0.05, 0.1) is 33.1 Å². The number of anilines is 1. The molecule has 0 atom stereocenters. The number of carbonyl (C=O) groups excluding carboxylic acids is 1. The van der Waals surface area contributed by atoms with E-state index >= 15 is 0 Å². The summed E-state index contributed by atoms with van der Waals surface area (Å²) >= 11 is 1.47. The van der Waals surface area contributed by atoms with Gasteiger partial charge in [0.2, 0.25) is 0 Å². The minimum absolute atomic E-state index is 0.0272. The van der Waals surface area contributed by atoms with Crippen molar-refractivity contribution in [3.63, 3.8) is 0 Å². The van der Waals surface area contributed by atoms with E-state index < -0.39 is 0 Å². The van der Waals surface area contributed by atoms with E-state index in [0.717, 1.165) is 56.3 Å². The van der Waals surface area contributed by atoms with Crippen LogP contribution in [0.2, 0.25) is 0 Å². The van der Waals surface area contributed by atoms with Crippen LogP contribution in [0.1, 0.15) is 43.1 Å². The topological polar surface area (TPSA) is 64.1 Å². The largest absolute Gasteiger partial charge is 0.497 e. The van der Waals surface area contributed by atoms with Crippen molar-refractivity contribution < 1.29 is 19.0 Å². The number of morpholine rings is 1. The summed E-state index contributed by atoms with van der Waals surface area (Å²) in [4.78, 5) is 22.9. The highest BCUT2D eigenvalue weighted by molar-refractivity contribution is 7.14. The maximum Gasteiger partial charge on any atom is 0.260 e. The van der Waals surface area contributed by atoms with Crippen molar-refractivity contribution in [2.45, 2.75) is 32.6 Å². The summed E-state index contributed by atoms with van der Waals surface area (Å²) in [6.07, 6.45) is 0.850. The molecule has 0 unspecified atom stereocenters. The first-order valence-corrected chi connectivity index (χ1v) is 13.6. The Kier molecular flexibility index (Phi) is 8.84. The summed E-state index contributed by atoms with van der Waals surface area (Å²) in [6, 6.07) is 13.6. The monoisotopic (exact) mass is 523 g/mol. The first-order valence-electron chi connectivity index (χ1n) is 12.7. The van der Waals surface area contributed by atoms with E-state index in [1.54, 1.807) is 14.2 Å². The molecule has 3 aromatic rings. The second kappa shape index (κ2) is 12.1. The number of hydrogen-bond acceptors (Lipinski definition) is 7. The second-order valence-electron chi connectivity index (χ2n) is 10.2. The van der Waals surface area contributed by atoms with Crippen molar-refractivity contribution in [3.8, 4) is 22.8 Å². The number of aromatic nitrogens is 1. The van der Waals surface area contributed by atoms with Gasteiger partial charge in [0, 0.05) is 42.7 Å². The summed E-state index contributed by atoms with van der Waals surface area (Å²) in [7, 11) is 3.28. The average molecular weight is 524 g/mol. The number of nitrogens with zero attached hydrogens (tertiary/aromatic N) is 3. The molecule has 1 aliphatic rings. The molecule has 7 nitrogen and oxygen atoms in total. The fraction of sp³-hybridized carbons (Fsp3) is 0.448. The summed E-state index contributed by atoms with van der Waals surface area (Å²) < 4.78 is 16.5. The number of methoxy groups -OCH3 is 2. The van der Waals surface area contributed by atoms with E-state index in [0.29, 0.717) is 23.0 Å². The van der Waals surface area contributed by atoms with Crippen LogP contribution in [0.3, 0.4) is 0 Å². The second-order valence-corrected chi connectivity index (χ2v) is 11.0. The molecule has 198 valence electrons. The van der Waals surface area contributed by atoms with Crippen LogP contribution in [0.15, 0.2) is 47.8 Å². The summed E-state index contributed by atoms with van der Waals surface area (Å²) in [6.45, 7) is 11.4.